The van der Waals surface area contributed by atoms with E-state index in [1.54, 1.807) is 13.4 Å². The number of nitrogens with one attached hydrogen (secondary N) is 1. The van der Waals surface area contributed by atoms with Gasteiger partial charge in [0.25, 0.3) is 0 Å². The molecular formula is C25H30N2O3. The molecule has 0 aliphatic heterocycles. The van der Waals surface area contributed by atoms with Gasteiger partial charge in [-0.25, -0.2) is 0 Å². The van der Waals surface area contributed by atoms with Crippen LogP contribution in [0.3, 0.4) is 0 Å². The van der Waals surface area contributed by atoms with Gasteiger partial charge in [0, 0.05) is 35.3 Å². The van der Waals surface area contributed by atoms with Crippen molar-refractivity contribution < 1.29 is 13.9 Å². The van der Waals surface area contributed by atoms with Crippen LogP contribution < -0.4 is 10.1 Å². The minimum absolute atomic E-state index is 0.0405. The SMILES string of the molecule is COc1ccc2c(CC(=O)Nc3ccccc3CN(C)C3CCCCC3)coc2c1. The Hall–Kier alpha value is -2.79. The molecule has 5 nitrogen and oxygen atoms in total. The summed E-state index contributed by atoms with van der Waals surface area (Å²) in [5.41, 5.74) is 3.65. The smallest absolute Gasteiger partial charge is 0.228 e. The number of hydrogen-bond donors (Lipinski definition) is 1. The summed E-state index contributed by atoms with van der Waals surface area (Å²) in [4.78, 5) is 15.2. The second-order valence-corrected chi connectivity index (χ2v) is 8.21. The second kappa shape index (κ2) is 9.35. The molecule has 1 saturated carbocycles. The normalized spacial score (nSPS) is 14.9. The van der Waals surface area contributed by atoms with Crippen LogP contribution in [0.1, 0.15) is 43.2 Å². The number of amides is 1. The van der Waals surface area contributed by atoms with Crippen molar-refractivity contribution >= 4 is 22.6 Å². The van der Waals surface area contributed by atoms with Crippen LogP contribution in [0.5, 0.6) is 5.75 Å². The highest BCUT2D eigenvalue weighted by molar-refractivity contribution is 5.96. The van der Waals surface area contributed by atoms with Crippen LogP contribution in [0.15, 0.2) is 53.1 Å². The maximum atomic E-state index is 12.8. The van der Waals surface area contributed by atoms with Gasteiger partial charge in [-0.05, 0) is 43.7 Å². The monoisotopic (exact) mass is 406 g/mol. The lowest BCUT2D eigenvalue weighted by molar-refractivity contribution is -0.115. The summed E-state index contributed by atoms with van der Waals surface area (Å²) in [7, 11) is 3.82. The Morgan fingerprint density at radius 3 is 2.73 bits per heavy atom. The van der Waals surface area contributed by atoms with Crippen LogP contribution in [0.2, 0.25) is 0 Å². The van der Waals surface area contributed by atoms with Crippen molar-refractivity contribution in [3.63, 3.8) is 0 Å². The van der Waals surface area contributed by atoms with Crippen LogP contribution in [0.25, 0.3) is 11.0 Å². The maximum absolute atomic E-state index is 12.8. The van der Waals surface area contributed by atoms with Gasteiger partial charge in [-0.15, -0.1) is 0 Å². The summed E-state index contributed by atoms with van der Waals surface area (Å²) in [5.74, 6) is 0.699. The molecule has 0 spiro atoms. The van der Waals surface area contributed by atoms with Gasteiger partial charge in [0.2, 0.25) is 5.91 Å². The number of para-hydroxylation sites is 1. The van der Waals surface area contributed by atoms with Crippen molar-refractivity contribution in [3.05, 3.63) is 59.9 Å². The van der Waals surface area contributed by atoms with E-state index >= 15 is 0 Å². The van der Waals surface area contributed by atoms with Crippen molar-refractivity contribution in [2.45, 2.75) is 51.1 Å². The van der Waals surface area contributed by atoms with E-state index in [2.05, 4.69) is 23.3 Å². The number of carbonyl (C=O) groups is 1. The van der Waals surface area contributed by atoms with Crippen LogP contribution in [-0.4, -0.2) is 31.0 Å². The Kier molecular flexibility index (Phi) is 6.38. The van der Waals surface area contributed by atoms with E-state index in [0.29, 0.717) is 6.04 Å². The van der Waals surface area contributed by atoms with Crippen molar-refractivity contribution in [2.24, 2.45) is 0 Å². The molecule has 1 fully saturated rings. The van der Waals surface area contributed by atoms with Crippen LogP contribution in [0.4, 0.5) is 5.69 Å². The van der Waals surface area contributed by atoms with E-state index in [4.69, 9.17) is 9.15 Å². The number of rotatable bonds is 7. The number of fused-ring (bicyclic) bond motifs is 1. The lowest BCUT2D eigenvalue weighted by Gasteiger charge is -2.31. The molecule has 1 amide bonds. The summed E-state index contributed by atoms with van der Waals surface area (Å²) in [6.45, 7) is 0.843. The molecule has 4 rings (SSSR count). The third-order valence-electron chi connectivity index (χ3n) is 6.12. The van der Waals surface area contributed by atoms with Gasteiger partial charge in [-0.2, -0.15) is 0 Å². The first-order chi connectivity index (χ1) is 14.6. The number of benzene rings is 2. The van der Waals surface area contributed by atoms with E-state index in [1.165, 1.54) is 32.1 Å². The Labute approximate surface area is 178 Å². The molecule has 1 heterocycles. The number of hydrogen-bond acceptors (Lipinski definition) is 4. The average Bonchev–Trinajstić information content (AvgIpc) is 3.17. The van der Waals surface area contributed by atoms with E-state index in [-0.39, 0.29) is 12.3 Å². The highest BCUT2D eigenvalue weighted by Crippen LogP contribution is 2.27. The molecule has 1 aromatic heterocycles. The molecule has 0 saturated heterocycles. The third kappa shape index (κ3) is 4.68. The first-order valence-electron chi connectivity index (χ1n) is 10.8. The lowest BCUT2D eigenvalue weighted by Crippen LogP contribution is -2.33. The minimum Gasteiger partial charge on any atom is -0.497 e. The van der Waals surface area contributed by atoms with Gasteiger partial charge in [0.1, 0.15) is 11.3 Å². The molecule has 158 valence electrons. The van der Waals surface area contributed by atoms with Crippen molar-refractivity contribution in [1.82, 2.24) is 4.90 Å². The van der Waals surface area contributed by atoms with E-state index in [1.807, 2.05) is 36.4 Å². The number of carbonyl (C=O) groups excluding carboxylic acids is 1. The van der Waals surface area contributed by atoms with Crippen LogP contribution >= 0.6 is 0 Å². The summed E-state index contributed by atoms with van der Waals surface area (Å²) in [5, 5.41) is 4.05. The van der Waals surface area contributed by atoms with Gasteiger partial charge >= 0.3 is 0 Å². The van der Waals surface area contributed by atoms with Gasteiger partial charge in [0.05, 0.1) is 19.8 Å². The molecule has 30 heavy (non-hydrogen) atoms. The standard InChI is InChI=1S/C25H30N2O3/c1-27(20-9-4-3-5-10-20)16-18-8-6-7-11-23(18)26-25(28)14-19-17-30-24-15-21(29-2)12-13-22(19)24/h6-8,11-13,15,17,20H,3-5,9-10,14,16H2,1-2H3,(H,26,28). The quantitative estimate of drug-likeness (QED) is 0.572. The zero-order valence-electron chi connectivity index (χ0n) is 17.8. The van der Waals surface area contributed by atoms with Crippen molar-refractivity contribution in [2.75, 3.05) is 19.5 Å². The number of ether oxygens (including phenoxy) is 1. The largest absolute Gasteiger partial charge is 0.497 e. The van der Waals surface area contributed by atoms with Gasteiger partial charge < -0.3 is 14.5 Å². The molecule has 2 aromatic carbocycles. The van der Waals surface area contributed by atoms with Gasteiger partial charge in [0.15, 0.2) is 0 Å². The topological polar surface area (TPSA) is 54.7 Å². The summed E-state index contributed by atoms with van der Waals surface area (Å²) >= 11 is 0. The predicted octanol–water partition coefficient (Wildman–Crippen LogP) is 5.39. The molecule has 1 N–H and O–H groups in total. The second-order valence-electron chi connectivity index (χ2n) is 8.21. The maximum Gasteiger partial charge on any atom is 0.228 e. The predicted molar refractivity (Wildman–Crippen MR) is 120 cm³/mol. The first kappa shape index (κ1) is 20.5. The number of furan rings is 1. The zero-order chi connectivity index (χ0) is 20.9. The molecule has 0 bridgehead atoms. The fraction of sp³-hybridized carbons (Fsp3) is 0.400. The van der Waals surface area contributed by atoms with Crippen molar-refractivity contribution in [3.8, 4) is 5.75 Å². The molecule has 1 aliphatic carbocycles. The molecule has 0 atom stereocenters. The fourth-order valence-electron chi connectivity index (χ4n) is 4.39. The minimum atomic E-state index is -0.0405. The molecule has 0 radical (unpaired) electrons. The highest BCUT2D eigenvalue weighted by atomic mass is 16.5. The van der Waals surface area contributed by atoms with E-state index in [9.17, 15) is 4.79 Å². The van der Waals surface area contributed by atoms with E-state index in [0.717, 1.165) is 40.1 Å². The molecule has 3 aromatic rings. The average molecular weight is 407 g/mol. The zero-order valence-corrected chi connectivity index (χ0v) is 17.8. The van der Waals surface area contributed by atoms with Gasteiger partial charge in [-0.3, -0.25) is 9.69 Å². The van der Waals surface area contributed by atoms with Crippen LogP contribution in [-0.2, 0) is 17.8 Å². The first-order valence-corrected chi connectivity index (χ1v) is 10.8. The highest BCUT2D eigenvalue weighted by Gasteiger charge is 2.19. The van der Waals surface area contributed by atoms with Crippen molar-refractivity contribution in [1.29, 1.82) is 0 Å². The third-order valence-corrected chi connectivity index (χ3v) is 6.12. The number of methoxy groups -OCH3 is 1. The van der Waals surface area contributed by atoms with Gasteiger partial charge in [-0.1, -0.05) is 37.5 Å². The molecule has 5 heteroatoms. The number of nitrogens with zero attached hydrogens (tertiary/aromatic N) is 1. The Bertz CT molecular complexity index is 1000. The van der Waals surface area contributed by atoms with E-state index < -0.39 is 0 Å². The molecule has 1 aliphatic rings. The molecular weight excluding hydrogens is 376 g/mol. The Morgan fingerprint density at radius 2 is 1.93 bits per heavy atom. The number of anilines is 1. The van der Waals surface area contributed by atoms with Crippen LogP contribution in [0, 0.1) is 0 Å². The summed E-state index contributed by atoms with van der Waals surface area (Å²) < 4.78 is 10.9. The fourth-order valence-corrected chi connectivity index (χ4v) is 4.39. The molecule has 0 unspecified atom stereocenters. The lowest BCUT2D eigenvalue weighted by atomic mass is 9.94. The summed E-state index contributed by atoms with van der Waals surface area (Å²) in [6.07, 6.45) is 8.45. The Morgan fingerprint density at radius 1 is 1.13 bits per heavy atom. The summed E-state index contributed by atoms with van der Waals surface area (Å²) in [6, 6.07) is 14.4. The Balaban J connectivity index is 1.43.